The van der Waals surface area contributed by atoms with E-state index in [4.69, 9.17) is 11.6 Å². The van der Waals surface area contributed by atoms with E-state index in [1.54, 1.807) is 6.20 Å². The summed E-state index contributed by atoms with van der Waals surface area (Å²) in [7, 11) is 0. The van der Waals surface area contributed by atoms with Crippen LogP contribution in [0.1, 0.15) is 50.9 Å². The Labute approximate surface area is 125 Å². The van der Waals surface area contributed by atoms with Gasteiger partial charge in [0.25, 0.3) is 0 Å². The third-order valence-corrected chi connectivity index (χ3v) is 3.77. The highest BCUT2D eigenvalue weighted by molar-refractivity contribution is 6.31. The predicted molar refractivity (Wildman–Crippen MR) is 82.0 cm³/mol. The van der Waals surface area contributed by atoms with E-state index in [1.165, 1.54) is 0 Å². The Morgan fingerprint density at radius 1 is 1.30 bits per heavy atom. The van der Waals surface area contributed by atoms with Gasteiger partial charge in [-0.25, -0.2) is 0 Å². The fourth-order valence-electron chi connectivity index (χ4n) is 2.59. The topological polar surface area (TPSA) is 38.1 Å². The molecule has 0 aliphatic carbocycles. The molecular formula is C16H21ClN2O. The molecule has 4 heteroatoms. The Morgan fingerprint density at radius 3 is 2.50 bits per heavy atom. The molecule has 2 rings (SSSR count). The van der Waals surface area contributed by atoms with E-state index in [0.717, 1.165) is 12.0 Å². The van der Waals surface area contributed by atoms with Gasteiger partial charge in [0.2, 0.25) is 0 Å². The van der Waals surface area contributed by atoms with Crippen LogP contribution < -0.4 is 0 Å². The molecule has 2 aromatic rings. The average Bonchev–Trinajstić information content (AvgIpc) is 2.82. The summed E-state index contributed by atoms with van der Waals surface area (Å²) >= 11 is 6.32. The fraction of sp³-hybridized carbons (Fsp3) is 0.438. The zero-order valence-electron chi connectivity index (χ0n) is 12.2. The zero-order chi connectivity index (χ0) is 14.8. The molecule has 108 valence electrons. The first-order valence-corrected chi connectivity index (χ1v) is 7.40. The Morgan fingerprint density at radius 2 is 1.95 bits per heavy atom. The van der Waals surface area contributed by atoms with Crippen molar-refractivity contribution < 1.29 is 5.11 Å². The molecule has 1 aromatic carbocycles. The van der Waals surface area contributed by atoms with Crippen molar-refractivity contribution in [1.29, 1.82) is 0 Å². The Bertz CT molecular complexity index is 565. The Hall–Kier alpha value is -1.32. The average molecular weight is 293 g/mol. The van der Waals surface area contributed by atoms with Crippen LogP contribution in [0.3, 0.4) is 0 Å². The van der Waals surface area contributed by atoms with Gasteiger partial charge >= 0.3 is 0 Å². The quantitative estimate of drug-likeness (QED) is 0.899. The van der Waals surface area contributed by atoms with E-state index in [9.17, 15) is 5.11 Å². The van der Waals surface area contributed by atoms with Crippen LogP contribution in [0.5, 0.6) is 0 Å². The Balaban J connectivity index is 2.62. The molecule has 0 bridgehead atoms. The van der Waals surface area contributed by atoms with Crippen LogP contribution in [0, 0.1) is 0 Å². The molecule has 0 saturated heterocycles. The summed E-state index contributed by atoms with van der Waals surface area (Å²) in [5.74, 6) is 0. The number of rotatable bonds is 5. The number of aliphatic hydroxyl groups is 1. The standard InChI is InChI=1S/C16H21ClN2O/c1-4-10-16(20,13-8-6-5-7-9-13)15-14(17)11-18-19(15)12(2)3/h5-9,11-12,20H,4,10H2,1-3H3. The van der Waals surface area contributed by atoms with Crippen LogP contribution in [0.15, 0.2) is 36.5 Å². The summed E-state index contributed by atoms with van der Waals surface area (Å²) in [6.45, 7) is 6.12. The van der Waals surface area contributed by atoms with Crippen molar-refractivity contribution in [2.24, 2.45) is 0 Å². The van der Waals surface area contributed by atoms with Gasteiger partial charge in [0, 0.05) is 6.04 Å². The highest BCUT2D eigenvalue weighted by atomic mass is 35.5. The number of halogens is 1. The molecule has 0 spiro atoms. The maximum atomic E-state index is 11.3. The van der Waals surface area contributed by atoms with E-state index >= 15 is 0 Å². The molecule has 0 aliphatic heterocycles. The molecular weight excluding hydrogens is 272 g/mol. The van der Waals surface area contributed by atoms with Crippen LogP contribution in [0.25, 0.3) is 0 Å². The number of nitrogens with zero attached hydrogens (tertiary/aromatic N) is 2. The molecule has 0 saturated carbocycles. The largest absolute Gasteiger partial charge is 0.379 e. The van der Waals surface area contributed by atoms with Gasteiger partial charge in [-0.2, -0.15) is 5.10 Å². The lowest BCUT2D eigenvalue weighted by Gasteiger charge is -2.30. The van der Waals surface area contributed by atoms with Gasteiger partial charge in [-0.05, 0) is 25.8 Å². The fourth-order valence-corrected chi connectivity index (χ4v) is 2.88. The molecule has 3 nitrogen and oxygen atoms in total. The first kappa shape index (κ1) is 15.1. The predicted octanol–water partition coefficient (Wildman–Crippen LogP) is 4.15. The Kier molecular flexibility index (Phi) is 4.51. The van der Waals surface area contributed by atoms with Crippen LogP contribution in [-0.4, -0.2) is 14.9 Å². The molecule has 1 N–H and O–H groups in total. The molecule has 1 heterocycles. The van der Waals surface area contributed by atoms with Crippen LogP contribution in [-0.2, 0) is 5.60 Å². The number of hydrogen-bond acceptors (Lipinski definition) is 2. The first-order valence-electron chi connectivity index (χ1n) is 7.02. The summed E-state index contributed by atoms with van der Waals surface area (Å²) in [4.78, 5) is 0. The summed E-state index contributed by atoms with van der Waals surface area (Å²) < 4.78 is 1.81. The van der Waals surface area contributed by atoms with Crippen molar-refractivity contribution in [2.75, 3.05) is 0 Å². The minimum absolute atomic E-state index is 0.143. The summed E-state index contributed by atoms with van der Waals surface area (Å²) in [5.41, 5.74) is 0.432. The first-order chi connectivity index (χ1) is 9.50. The molecule has 0 aliphatic rings. The lowest BCUT2D eigenvalue weighted by molar-refractivity contribution is 0.0592. The molecule has 20 heavy (non-hydrogen) atoms. The van der Waals surface area contributed by atoms with Crippen molar-refractivity contribution >= 4 is 11.6 Å². The van der Waals surface area contributed by atoms with Crippen LogP contribution >= 0.6 is 11.6 Å². The van der Waals surface area contributed by atoms with Crippen molar-refractivity contribution in [3.8, 4) is 0 Å². The summed E-state index contributed by atoms with van der Waals surface area (Å²) in [6.07, 6.45) is 3.07. The maximum absolute atomic E-state index is 11.3. The second-order valence-corrected chi connectivity index (χ2v) is 5.76. The highest BCUT2D eigenvalue weighted by Crippen LogP contribution is 2.38. The molecule has 1 unspecified atom stereocenters. The second kappa shape index (κ2) is 5.98. The van der Waals surface area contributed by atoms with Crippen molar-refractivity contribution in [2.45, 2.75) is 45.3 Å². The van der Waals surface area contributed by atoms with E-state index in [-0.39, 0.29) is 6.04 Å². The summed E-state index contributed by atoms with van der Waals surface area (Å²) in [5, 5.41) is 16.1. The van der Waals surface area contributed by atoms with Gasteiger partial charge in [0.1, 0.15) is 5.60 Å². The van der Waals surface area contributed by atoms with Gasteiger partial charge in [-0.3, -0.25) is 4.68 Å². The molecule has 0 radical (unpaired) electrons. The maximum Gasteiger partial charge on any atom is 0.133 e. The van der Waals surface area contributed by atoms with Gasteiger partial charge in [0.15, 0.2) is 0 Å². The third-order valence-electron chi connectivity index (χ3n) is 3.49. The second-order valence-electron chi connectivity index (χ2n) is 5.36. The number of aromatic nitrogens is 2. The molecule has 1 aromatic heterocycles. The van der Waals surface area contributed by atoms with Crippen molar-refractivity contribution in [1.82, 2.24) is 9.78 Å². The minimum Gasteiger partial charge on any atom is -0.379 e. The minimum atomic E-state index is -1.10. The van der Waals surface area contributed by atoms with Gasteiger partial charge < -0.3 is 5.11 Å². The third kappa shape index (κ3) is 2.60. The van der Waals surface area contributed by atoms with Crippen LogP contribution in [0.2, 0.25) is 5.02 Å². The normalized spacial score (nSPS) is 14.5. The highest BCUT2D eigenvalue weighted by Gasteiger charge is 2.36. The zero-order valence-corrected chi connectivity index (χ0v) is 12.9. The van der Waals surface area contributed by atoms with E-state index in [1.807, 2.05) is 48.9 Å². The smallest absolute Gasteiger partial charge is 0.133 e. The monoisotopic (exact) mass is 292 g/mol. The summed E-state index contributed by atoms with van der Waals surface area (Å²) in [6, 6.07) is 9.81. The van der Waals surface area contributed by atoms with E-state index in [2.05, 4.69) is 12.0 Å². The molecule has 0 amide bonds. The molecule has 0 fully saturated rings. The molecule has 1 atom stereocenters. The lowest BCUT2D eigenvalue weighted by Crippen LogP contribution is -2.31. The van der Waals surface area contributed by atoms with Gasteiger partial charge in [0.05, 0.1) is 16.9 Å². The lowest BCUT2D eigenvalue weighted by atomic mass is 9.86. The SMILES string of the molecule is CCCC(O)(c1ccccc1)c1c(Cl)cnn1C(C)C. The number of hydrogen-bond donors (Lipinski definition) is 1. The van der Waals surface area contributed by atoms with Gasteiger partial charge in [-0.15, -0.1) is 0 Å². The van der Waals surface area contributed by atoms with Crippen molar-refractivity contribution in [3.63, 3.8) is 0 Å². The van der Waals surface area contributed by atoms with E-state index < -0.39 is 5.60 Å². The van der Waals surface area contributed by atoms with Gasteiger partial charge in [-0.1, -0.05) is 55.3 Å². The number of benzene rings is 1. The van der Waals surface area contributed by atoms with E-state index in [0.29, 0.717) is 17.1 Å². The van der Waals surface area contributed by atoms with Crippen molar-refractivity contribution in [3.05, 3.63) is 52.8 Å². The van der Waals surface area contributed by atoms with Crippen LogP contribution in [0.4, 0.5) is 0 Å².